The quantitative estimate of drug-likeness (QED) is 0.684. The van der Waals surface area contributed by atoms with Gasteiger partial charge in [0.1, 0.15) is 24.1 Å². The van der Waals surface area contributed by atoms with Gasteiger partial charge >= 0.3 is 6.09 Å². The summed E-state index contributed by atoms with van der Waals surface area (Å²) in [5.74, 6) is -0.144. The van der Waals surface area contributed by atoms with Crippen molar-refractivity contribution in [3.63, 3.8) is 0 Å². The van der Waals surface area contributed by atoms with E-state index >= 15 is 0 Å². The maximum Gasteiger partial charge on any atom is 0.414 e. The van der Waals surface area contributed by atoms with Crippen LogP contribution in [0.4, 0.5) is 20.7 Å². The number of nitrogens with zero attached hydrogens (tertiary/aromatic N) is 5. The van der Waals surface area contributed by atoms with Crippen molar-refractivity contribution in [3.8, 4) is 11.1 Å². The number of pyridine rings is 1. The summed E-state index contributed by atoms with van der Waals surface area (Å²) in [5, 5.41) is 8.41. The second kappa shape index (κ2) is 9.00. The molecule has 32 heavy (non-hydrogen) atoms. The van der Waals surface area contributed by atoms with Crippen LogP contribution in [0.1, 0.15) is 6.92 Å². The molecule has 0 aliphatic carbocycles. The van der Waals surface area contributed by atoms with Crippen molar-refractivity contribution in [1.29, 1.82) is 0 Å². The number of carbonyl (C=O) groups is 3. The molecule has 0 saturated carbocycles. The highest BCUT2D eigenvalue weighted by atomic mass is 19.1. The van der Waals surface area contributed by atoms with Crippen LogP contribution >= 0.6 is 0 Å². The molecule has 0 spiro atoms. The van der Waals surface area contributed by atoms with Gasteiger partial charge in [0, 0.05) is 30.8 Å². The Balaban J connectivity index is 1.46. The van der Waals surface area contributed by atoms with E-state index in [0.717, 1.165) is 0 Å². The number of hydrogen-bond acceptors (Lipinski definition) is 7. The summed E-state index contributed by atoms with van der Waals surface area (Å²) in [6.07, 6.45) is 2.59. The summed E-state index contributed by atoms with van der Waals surface area (Å²) in [6.45, 7) is 2.79. The molecular formula is C21H21FN6O4. The van der Waals surface area contributed by atoms with Crippen molar-refractivity contribution in [2.24, 2.45) is 5.10 Å². The van der Waals surface area contributed by atoms with Crippen LogP contribution < -0.4 is 15.2 Å². The molecule has 1 N–H and O–H groups in total. The number of amides is 3. The lowest BCUT2D eigenvalue weighted by Crippen LogP contribution is -2.37. The average molecular weight is 440 g/mol. The normalized spacial score (nSPS) is 18.0. The Morgan fingerprint density at radius 3 is 2.78 bits per heavy atom. The van der Waals surface area contributed by atoms with Gasteiger partial charge in [-0.25, -0.2) is 19.2 Å². The minimum absolute atomic E-state index is 0.199. The van der Waals surface area contributed by atoms with Crippen molar-refractivity contribution in [3.05, 3.63) is 42.3 Å². The van der Waals surface area contributed by atoms with Crippen molar-refractivity contribution < 1.29 is 23.5 Å². The molecule has 1 unspecified atom stereocenters. The monoisotopic (exact) mass is 440 g/mol. The van der Waals surface area contributed by atoms with Gasteiger partial charge in [0.2, 0.25) is 12.3 Å². The molecule has 3 heterocycles. The zero-order valence-corrected chi connectivity index (χ0v) is 17.3. The number of cyclic esters (lactones) is 1. The fraction of sp³-hybridized carbons (Fsp3) is 0.286. The molecule has 4 rings (SSSR count). The van der Waals surface area contributed by atoms with Gasteiger partial charge in [-0.3, -0.25) is 14.5 Å². The number of hydrazone groups is 1. The highest BCUT2D eigenvalue weighted by molar-refractivity contribution is 5.90. The summed E-state index contributed by atoms with van der Waals surface area (Å²) in [6, 6.07) is 7.94. The van der Waals surface area contributed by atoms with E-state index < -0.39 is 18.0 Å². The Kier molecular flexibility index (Phi) is 5.97. The zero-order chi connectivity index (χ0) is 22.7. The highest BCUT2D eigenvalue weighted by Gasteiger charge is 2.32. The Morgan fingerprint density at radius 1 is 1.31 bits per heavy atom. The molecule has 1 saturated heterocycles. The van der Waals surface area contributed by atoms with Crippen LogP contribution in [0.2, 0.25) is 0 Å². The van der Waals surface area contributed by atoms with Gasteiger partial charge in [0.15, 0.2) is 0 Å². The largest absolute Gasteiger partial charge is 0.442 e. The first-order valence-electron chi connectivity index (χ1n) is 9.96. The van der Waals surface area contributed by atoms with E-state index in [0.29, 0.717) is 42.1 Å². The number of carbonyl (C=O) groups excluding carboxylic acids is 3. The van der Waals surface area contributed by atoms with Crippen LogP contribution in [-0.4, -0.2) is 66.9 Å². The molecule has 0 bridgehead atoms. The minimum atomic E-state index is -0.589. The van der Waals surface area contributed by atoms with Crippen molar-refractivity contribution in [1.82, 2.24) is 15.2 Å². The van der Waals surface area contributed by atoms with E-state index in [1.165, 1.54) is 29.1 Å². The van der Waals surface area contributed by atoms with Crippen LogP contribution in [0.15, 0.2) is 41.6 Å². The van der Waals surface area contributed by atoms with Crippen molar-refractivity contribution >= 4 is 36.3 Å². The Bertz CT molecular complexity index is 1060. The van der Waals surface area contributed by atoms with Gasteiger partial charge in [0.25, 0.3) is 0 Å². The summed E-state index contributed by atoms with van der Waals surface area (Å²) in [7, 11) is 0. The lowest BCUT2D eigenvalue weighted by molar-refractivity contribution is -0.119. The Labute approximate surface area is 183 Å². The molecule has 2 aromatic rings. The number of halogens is 1. The SMILES string of the molecule is CC(=O)NCC1CN(c2ccc(-c3ccc(N4CCN(C=O)C=N4)nc3)c(F)c2)C(=O)O1. The van der Waals surface area contributed by atoms with E-state index in [2.05, 4.69) is 15.4 Å². The first-order valence-corrected chi connectivity index (χ1v) is 9.96. The summed E-state index contributed by atoms with van der Waals surface area (Å²) < 4.78 is 20.1. The maximum atomic E-state index is 14.9. The van der Waals surface area contributed by atoms with Gasteiger partial charge in [0.05, 0.1) is 25.3 Å². The predicted octanol–water partition coefficient (Wildman–Crippen LogP) is 1.57. The lowest BCUT2D eigenvalue weighted by atomic mass is 10.1. The molecule has 1 fully saturated rings. The van der Waals surface area contributed by atoms with Gasteiger partial charge in [-0.15, -0.1) is 0 Å². The molecular weight excluding hydrogens is 419 g/mol. The number of benzene rings is 1. The molecule has 11 heteroatoms. The number of hydrogen-bond donors (Lipinski definition) is 1. The van der Waals surface area contributed by atoms with Gasteiger partial charge in [-0.2, -0.15) is 5.10 Å². The third-order valence-electron chi connectivity index (χ3n) is 5.09. The highest BCUT2D eigenvalue weighted by Crippen LogP contribution is 2.29. The Morgan fingerprint density at radius 2 is 2.16 bits per heavy atom. The fourth-order valence-corrected chi connectivity index (χ4v) is 3.41. The van der Waals surface area contributed by atoms with Gasteiger partial charge < -0.3 is 15.0 Å². The topological polar surface area (TPSA) is 107 Å². The van der Waals surface area contributed by atoms with Crippen LogP contribution in [0.3, 0.4) is 0 Å². The van der Waals surface area contributed by atoms with Crippen LogP contribution in [0, 0.1) is 5.82 Å². The van der Waals surface area contributed by atoms with Crippen LogP contribution in [-0.2, 0) is 14.3 Å². The number of rotatable bonds is 6. The smallest absolute Gasteiger partial charge is 0.414 e. The van der Waals surface area contributed by atoms with E-state index in [-0.39, 0.29) is 19.0 Å². The van der Waals surface area contributed by atoms with Crippen LogP contribution in [0.5, 0.6) is 0 Å². The molecule has 2 aliphatic rings. The molecule has 0 radical (unpaired) electrons. The average Bonchev–Trinajstić information content (AvgIpc) is 3.18. The van der Waals surface area contributed by atoms with Crippen LogP contribution in [0.25, 0.3) is 11.1 Å². The Hall–Kier alpha value is -4.02. The predicted molar refractivity (Wildman–Crippen MR) is 115 cm³/mol. The van der Waals surface area contributed by atoms with E-state index in [9.17, 15) is 18.8 Å². The summed E-state index contributed by atoms with van der Waals surface area (Å²) >= 11 is 0. The van der Waals surface area contributed by atoms with Gasteiger partial charge in [-0.1, -0.05) is 0 Å². The first-order chi connectivity index (χ1) is 15.4. The van der Waals surface area contributed by atoms with E-state index in [1.807, 2.05) is 0 Å². The second-order valence-electron chi connectivity index (χ2n) is 7.32. The third kappa shape index (κ3) is 4.51. The number of aromatic nitrogens is 1. The lowest BCUT2D eigenvalue weighted by Gasteiger charge is -2.25. The molecule has 10 nitrogen and oxygen atoms in total. The van der Waals surface area contributed by atoms with Gasteiger partial charge in [-0.05, 0) is 30.3 Å². The first kappa shape index (κ1) is 21.2. The van der Waals surface area contributed by atoms with E-state index in [1.54, 1.807) is 35.5 Å². The summed E-state index contributed by atoms with van der Waals surface area (Å²) in [5.41, 5.74) is 1.28. The molecule has 166 valence electrons. The standard InChI is InChI=1S/C21H21FN6O4/c1-14(30)23-10-17-11-27(21(31)32-17)16-3-4-18(19(22)8-16)15-2-5-20(24-9-15)28-7-6-26(13-29)12-25-28/h2-5,8-9,12-13,17H,6-7,10-11H2,1H3,(H,23,30). The maximum absolute atomic E-state index is 14.9. The van der Waals surface area contributed by atoms with Crippen molar-refractivity contribution in [2.75, 3.05) is 36.1 Å². The molecule has 1 aromatic heterocycles. The molecule has 3 amide bonds. The third-order valence-corrected chi connectivity index (χ3v) is 5.09. The second-order valence-corrected chi connectivity index (χ2v) is 7.32. The molecule has 1 aromatic carbocycles. The molecule has 1 atom stereocenters. The zero-order valence-electron chi connectivity index (χ0n) is 17.3. The minimum Gasteiger partial charge on any atom is -0.442 e. The fourth-order valence-electron chi connectivity index (χ4n) is 3.41. The number of nitrogens with one attached hydrogen (secondary N) is 1. The van der Waals surface area contributed by atoms with Crippen molar-refractivity contribution in [2.45, 2.75) is 13.0 Å². The molecule has 2 aliphatic heterocycles. The van der Waals surface area contributed by atoms with E-state index in [4.69, 9.17) is 4.74 Å². The number of anilines is 2. The summed E-state index contributed by atoms with van der Waals surface area (Å²) in [4.78, 5) is 41.0. The number of ether oxygens (including phenoxy) is 1.